The van der Waals surface area contributed by atoms with Gasteiger partial charge in [-0.15, -0.1) is 11.8 Å². The molecule has 0 aliphatic carbocycles. The van der Waals surface area contributed by atoms with Crippen molar-refractivity contribution in [1.82, 2.24) is 0 Å². The lowest BCUT2D eigenvalue weighted by Crippen LogP contribution is -2.27. The van der Waals surface area contributed by atoms with Gasteiger partial charge >= 0.3 is 0 Å². The Hall–Kier alpha value is -2.59. The zero-order valence-corrected chi connectivity index (χ0v) is 13.5. The normalized spacial score (nSPS) is 16.2. The molecular weight excluding hydrogens is 320 g/mol. The molecule has 0 saturated carbocycles. The number of aromatic hydroxyl groups is 2. The van der Waals surface area contributed by atoms with Gasteiger partial charge in [0.25, 0.3) is 0 Å². The Balaban J connectivity index is 1.88. The monoisotopic (exact) mass is 334 g/mol. The van der Waals surface area contributed by atoms with Gasteiger partial charge in [-0.05, 0) is 35.4 Å². The first-order chi connectivity index (χ1) is 11.7. The fourth-order valence-electron chi connectivity index (χ4n) is 3.74. The number of fused-ring (bicyclic) bond motifs is 6. The largest absolute Gasteiger partial charge is 0.508 e. The average molecular weight is 334 g/mol. The van der Waals surface area contributed by atoms with Gasteiger partial charge in [-0.1, -0.05) is 24.3 Å². The molecule has 0 amide bonds. The molecule has 4 heteroatoms. The van der Waals surface area contributed by atoms with Crippen LogP contribution in [0.15, 0.2) is 60.7 Å². The molecule has 3 aromatic rings. The zero-order valence-electron chi connectivity index (χ0n) is 12.7. The Kier molecular flexibility index (Phi) is 2.71. The Labute approximate surface area is 143 Å². The van der Waals surface area contributed by atoms with Crippen molar-refractivity contribution in [3.63, 3.8) is 0 Å². The van der Waals surface area contributed by atoms with Gasteiger partial charge in [0.1, 0.15) is 23.0 Å². The summed E-state index contributed by atoms with van der Waals surface area (Å²) in [6.07, 6.45) is 0. The van der Waals surface area contributed by atoms with E-state index in [1.54, 1.807) is 24.3 Å². The second-order valence-corrected chi connectivity index (χ2v) is 7.28. The number of rotatable bonds is 0. The lowest BCUT2D eigenvalue weighted by Gasteiger charge is -2.37. The maximum atomic E-state index is 9.88. The molecule has 2 N–H and O–H groups in total. The summed E-state index contributed by atoms with van der Waals surface area (Å²) in [6, 6.07) is 19.0. The Bertz CT molecular complexity index is 929. The van der Waals surface area contributed by atoms with Crippen molar-refractivity contribution >= 4 is 11.8 Å². The summed E-state index contributed by atoms with van der Waals surface area (Å²) in [6.45, 7) is 0. The van der Waals surface area contributed by atoms with E-state index in [1.165, 1.54) is 11.1 Å². The Morgan fingerprint density at radius 1 is 0.792 bits per heavy atom. The van der Waals surface area contributed by atoms with E-state index >= 15 is 0 Å². The van der Waals surface area contributed by atoms with E-state index in [-0.39, 0.29) is 16.2 Å². The van der Waals surface area contributed by atoms with Gasteiger partial charge in [0.15, 0.2) is 0 Å². The number of thioether (sulfide) groups is 1. The molecule has 3 aromatic carbocycles. The maximum absolute atomic E-state index is 9.88. The number of phenols is 2. The van der Waals surface area contributed by atoms with E-state index in [0.717, 1.165) is 16.9 Å². The first kappa shape index (κ1) is 13.8. The van der Waals surface area contributed by atoms with Gasteiger partial charge in [0.2, 0.25) is 0 Å². The van der Waals surface area contributed by atoms with Crippen LogP contribution in [0, 0.1) is 0 Å². The minimum atomic E-state index is -0.374. The standard InChI is InChI=1S/C20H14O3S/c21-13-5-7-16-18(9-13)23-19-10-14(22)6-8-17(19)20(16)15-4-2-1-3-12(15)11-24-20/h1-10,21-22H,11H2. The van der Waals surface area contributed by atoms with Crippen LogP contribution in [-0.2, 0) is 10.5 Å². The molecule has 0 radical (unpaired) electrons. The van der Waals surface area contributed by atoms with Crippen LogP contribution in [0.3, 0.4) is 0 Å². The van der Waals surface area contributed by atoms with Crippen LogP contribution < -0.4 is 4.74 Å². The maximum Gasteiger partial charge on any atom is 0.136 e. The number of hydrogen-bond acceptors (Lipinski definition) is 4. The van der Waals surface area contributed by atoms with E-state index in [4.69, 9.17) is 4.74 Å². The van der Waals surface area contributed by atoms with Crippen molar-refractivity contribution in [2.75, 3.05) is 0 Å². The molecule has 5 rings (SSSR count). The quantitative estimate of drug-likeness (QED) is 0.623. The molecule has 0 aromatic heterocycles. The minimum absolute atomic E-state index is 0.170. The molecule has 0 bridgehead atoms. The summed E-state index contributed by atoms with van der Waals surface area (Å²) in [7, 11) is 0. The smallest absolute Gasteiger partial charge is 0.136 e. The van der Waals surface area contributed by atoms with Crippen molar-refractivity contribution in [1.29, 1.82) is 0 Å². The van der Waals surface area contributed by atoms with E-state index in [0.29, 0.717) is 11.5 Å². The molecule has 2 aliphatic rings. The van der Waals surface area contributed by atoms with Gasteiger partial charge in [-0.25, -0.2) is 0 Å². The third kappa shape index (κ3) is 1.69. The highest BCUT2D eigenvalue weighted by Crippen LogP contribution is 2.62. The highest BCUT2D eigenvalue weighted by Gasteiger charge is 2.48. The zero-order chi connectivity index (χ0) is 16.3. The van der Waals surface area contributed by atoms with Crippen molar-refractivity contribution in [2.24, 2.45) is 0 Å². The van der Waals surface area contributed by atoms with Crippen LogP contribution in [0.25, 0.3) is 0 Å². The van der Waals surface area contributed by atoms with Crippen molar-refractivity contribution in [3.8, 4) is 23.0 Å². The second kappa shape index (κ2) is 4.71. The van der Waals surface area contributed by atoms with Gasteiger partial charge in [0, 0.05) is 29.0 Å². The van der Waals surface area contributed by atoms with E-state index in [1.807, 2.05) is 23.9 Å². The molecule has 1 spiro atoms. The third-order valence-electron chi connectivity index (χ3n) is 4.75. The number of phenolic OH excluding ortho intramolecular Hbond substituents is 2. The average Bonchev–Trinajstić information content (AvgIpc) is 2.95. The van der Waals surface area contributed by atoms with Crippen molar-refractivity contribution in [2.45, 2.75) is 10.5 Å². The molecule has 0 fully saturated rings. The van der Waals surface area contributed by atoms with Gasteiger partial charge < -0.3 is 14.9 Å². The topological polar surface area (TPSA) is 49.7 Å². The highest BCUT2D eigenvalue weighted by atomic mass is 32.2. The Morgan fingerprint density at radius 2 is 1.42 bits per heavy atom. The van der Waals surface area contributed by atoms with Crippen LogP contribution in [0.1, 0.15) is 22.3 Å². The van der Waals surface area contributed by atoms with Crippen molar-refractivity contribution in [3.05, 3.63) is 82.9 Å². The third-order valence-corrected chi connectivity index (χ3v) is 6.30. The van der Waals surface area contributed by atoms with Crippen LogP contribution >= 0.6 is 11.8 Å². The molecule has 24 heavy (non-hydrogen) atoms. The molecular formula is C20H14O3S. The molecule has 0 unspecified atom stereocenters. The number of ether oxygens (including phenoxy) is 1. The first-order valence-corrected chi connectivity index (χ1v) is 8.74. The predicted molar refractivity (Wildman–Crippen MR) is 93.9 cm³/mol. The van der Waals surface area contributed by atoms with Gasteiger partial charge in [0.05, 0.1) is 4.75 Å². The van der Waals surface area contributed by atoms with E-state index in [2.05, 4.69) is 24.3 Å². The fourth-order valence-corrected chi connectivity index (χ4v) is 5.36. The SMILES string of the molecule is Oc1ccc2c(c1)Oc1cc(O)ccc1C21SCc2ccccc21. The lowest BCUT2D eigenvalue weighted by molar-refractivity contribution is 0.425. The lowest BCUT2D eigenvalue weighted by atomic mass is 9.80. The van der Waals surface area contributed by atoms with Gasteiger partial charge in [-0.3, -0.25) is 0 Å². The fraction of sp³-hybridized carbons (Fsp3) is 0.100. The van der Waals surface area contributed by atoms with Gasteiger partial charge in [-0.2, -0.15) is 0 Å². The minimum Gasteiger partial charge on any atom is -0.508 e. The molecule has 2 aliphatic heterocycles. The van der Waals surface area contributed by atoms with Crippen LogP contribution in [-0.4, -0.2) is 10.2 Å². The summed E-state index contributed by atoms with van der Waals surface area (Å²) >= 11 is 1.85. The van der Waals surface area contributed by atoms with E-state index < -0.39 is 0 Å². The predicted octanol–water partition coefficient (Wildman–Crippen LogP) is 4.74. The van der Waals surface area contributed by atoms with Crippen LogP contribution in [0.4, 0.5) is 0 Å². The van der Waals surface area contributed by atoms with E-state index in [9.17, 15) is 10.2 Å². The molecule has 3 nitrogen and oxygen atoms in total. The molecule has 118 valence electrons. The molecule has 2 heterocycles. The Morgan fingerprint density at radius 3 is 2.08 bits per heavy atom. The van der Waals surface area contributed by atoms with Crippen molar-refractivity contribution < 1.29 is 14.9 Å². The summed E-state index contributed by atoms with van der Waals surface area (Å²) in [5, 5.41) is 19.8. The number of hydrogen-bond donors (Lipinski definition) is 2. The summed E-state index contributed by atoms with van der Waals surface area (Å²) in [4.78, 5) is 0. The summed E-state index contributed by atoms with van der Waals surface area (Å²) < 4.78 is 5.63. The van der Waals surface area contributed by atoms with Crippen LogP contribution in [0.5, 0.6) is 23.0 Å². The molecule has 0 atom stereocenters. The summed E-state index contributed by atoms with van der Waals surface area (Å²) in [5.41, 5.74) is 4.63. The molecule has 0 saturated heterocycles. The highest BCUT2D eigenvalue weighted by molar-refractivity contribution is 8.00. The first-order valence-electron chi connectivity index (χ1n) is 7.76. The van der Waals surface area contributed by atoms with Crippen LogP contribution in [0.2, 0.25) is 0 Å². The summed E-state index contributed by atoms with van der Waals surface area (Å²) in [5.74, 6) is 2.53. The second-order valence-electron chi connectivity index (χ2n) is 6.09. The number of benzene rings is 3.